The molecule has 3 aromatic rings. The Kier molecular flexibility index (Phi) is 8.14. The fourth-order valence-corrected chi connectivity index (χ4v) is 6.37. The minimum absolute atomic E-state index is 0.0435. The van der Waals surface area contributed by atoms with Gasteiger partial charge in [0, 0.05) is 39.1 Å². The van der Waals surface area contributed by atoms with Crippen LogP contribution >= 0.6 is 86.9 Å². The molecular formula is C24H12Br4Cl2N2O4. The third-order valence-electron chi connectivity index (χ3n) is 5.47. The molecular weight excluding hydrogens is 771 g/mol. The number of amides is 3. The van der Waals surface area contributed by atoms with Crippen LogP contribution in [-0.2, 0) is 0 Å². The van der Waals surface area contributed by atoms with Gasteiger partial charge in [0.1, 0.15) is 6.04 Å². The van der Waals surface area contributed by atoms with Gasteiger partial charge in [-0.2, -0.15) is 5.01 Å². The fourth-order valence-electron chi connectivity index (χ4n) is 3.66. The number of halogens is 6. The van der Waals surface area contributed by atoms with Gasteiger partial charge in [0.2, 0.25) is 0 Å². The van der Waals surface area contributed by atoms with Crippen molar-refractivity contribution in [3.05, 3.63) is 98.7 Å². The molecule has 0 fully saturated rings. The number of benzene rings is 3. The van der Waals surface area contributed by atoms with Gasteiger partial charge in [-0.05, 0) is 119 Å². The van der Waals surface area contributed by atoms with Crippen molar-refractivity contribution in [3.63, 3.8) is 0 Å². The SMILES string of the molecule is C[C@H](C(=O)c1ccc(Cl)cc1)N(C(=O)c1ccc(Cl)cc1)N1C(=O)c2c(Br)c(Br)c(Br)c(Br)c2C1=O. The smallest absolute Gasteiger partial charge is 0.282 e. The topological polar surface area (TPSA) is 74.8 Å². The molecule has 0 bridgehead atoms. The molecule has 0 unspecified atom stereocenters. The zero-order valence-electron chi connectivity index (χ0n) is 18.0. The largest absolute Gasteiger partial charge is 0.292 e. The van der Waals surface area contributed by atoms with E-state index < -0.39 is 29.5 Å². The number of Topliss-reactive ketones (excluding diaryl/α,β-unsaturated/α-hetero) is 1. The first-order chi connectivity index (χ1) is 17.0. The highest BCUT2D eigenvalue weighted by molar-refractivity contribution is 9.15. The number of hydrogen-bond donors (Lipinski definition) is 0. The van der Waals surface area contributed by atoms with E-state index in [-0.39, 0.29) is 22.3 Å². The highest BCUT2D eigenvalue weighted by atomic mass is 79.9. The Hall–Kier alpha value is -1.56. The highest BCUT2D eigenvalue weighted by Gasteiger charge is 2.48. The Labute approximate surface area is 249 Å². The average Bonchev–Trinajstić information content (AvgIpc) is 3.12. The predicted octanol–water partition coefficient (Wildman–Crippen LogP) is 7.97. The monoisotopic (exact) mass is 778 g/mol. The van der Waals surface area contributed by atoms with Crippen LogP contribution in [0.1, 0.15) is 48.4 Å². The van der Waals surface area contributed by atoms with E-state index in [1.54, 1.807) is 0 Å². The fraction of sp³-hybridized carbons (Fsp3) is 0.0833. The van der Waals surface area contributed by atoms with E-state index in [2.05, 4.69) is 63.7 Å². The van der Waals surface area contributed by atoms with Crippen LogP contribution in [0.5, 0.6) is 0 Å². The lowest BCUT2D eigenvalue weighted by molar-refractivity contribution is -0.00685. The lowest BCUT2D eigenvalue weighted by atomic mass is 10.0. The normalized spacial score (nSPS) is 13.6. The molecule has 0 spiro atoms. The van der Waals surface area contributed by atoms with Crippen LogP contribution in [0.25, 0.3) is 0 Å². The molecule has 1 aliphatic rings. The number of carbonyl (C=O) groups excluding carboxylic acids is 4. The summed E-state index contributed by atoms with van der Waals surface area (Å²) < 4.78 is 1.64. The number of carbonyl (C=O) groups is 4. The van der Waals surface area contributed by atoms with Gasteiger partial charge in [0.15, 0.2) is 5.78 Å². The molecule has 4 rings (SSSR count). The summed E-state index contributed by atoms with van der Waals surface area (Å²) in [7, 11) is 0. The number of imide groups is 1. The van der Waals surface area contributed by atoms with Crippen molar-refractivity contribution in [2.45, 2.75) is 13.0 Å². The van der Waals surface area contributed by atoms with Gasteiger partial charge in [0.05, 0.1) is 11.1 Å². The Morgan fingerprint density at radius 2 is 1.11 bits per heavy atom. The Balaban J connectivity index is 1.86. The predicted molar refractivity (Wildman–Crippen MR) is 151 cm³/mol. The standard InChI is InChI=1S/C24H12Br4Cl2N2O4/c1-10(21(33)11-2-6-13(29)7-3-11)31(22(34)12-4-8-14(30)9-5-12)32-23(35)15-16(24(32)36)18(26)20(28)19(27)17(15)25/h2-10H,1H3/t10-/m1/s1. The van der Waals surface area contributed by atoms with Crippen LogP contribution in [0.15, 0.2) is 66.4 Å². The van der Waals surface area contributed by atoms with Crippen molar-refractivity contribution in [1.29, 1.82) is 0 Å². The van der Waals surface area contributed by atoms with Crippen molar-refractivity contribution >= 4 is 110 Å². The van der Waals surface area contributed by atoms with E-state index in [0.717, 1.165) is 5.01 Å². The molecule has 3 amide bonds. The Bertz CT molecular complexity index is 1400. The van der Waals surface area contributed by atoms with Crippen molar-refractivity contribution in [2.75, 3.05) is 0 Å². The van der Waals surface area contributed by atoms with Crippen LogP contribution in [0.4, 0.5) is 0 Å². The van der Waals surface area contributed by atoms with Crippen molar-refractivity contribution in [3.8, 4) is 0 Å². The van der Waals surface area contributed by atoms with Crippen LogP contribution in [0.3, 0.4) is 0 Å². The Morgan fingerprint density at radius 3 is 1.53 bits per heavy atom. The summed E-state index contributed by atoms with van der Waals surface area (Å²) in [6, 6.07) is 10.8. The zero-order chi connectivity index (χ0) is 26.5. The van der Waals surface area contributed by atoms with Crippen molar-refractivity contribution < 1.29 is 19.2 Å². The summed E-state index contributed by atoms with van der Waals surface area (Å²) >= 11 is 25.4. The second-order valence-electron chi connectivity index (χ2n) is 7.63. The van der Waals surface area contributed by atoms with Gasteiger partial charge in [-0.3, -0.25) is 19.2 Å². The summed E-state index contributed by atoms with van der Waals surface area (Å²) in [4.78, 5) is 54.5. The minimum atomic E-state index is -1.24. The average molecular weight is 783 g/mol. The maximum atomic E-state index is 13.7. The van der Waals surface area contributed by atoms with E-state index >= 15 is 0 Å². The molecule has 184 valence electrons. The summed E-state index contributed by atoms with van der Waals surface area (Å²) in [5.41, 5.74) is 0.474. The van der Waals surface area contributed by atoms with E-state index in [0.29, 0.717) is 32.9 Å². The number of ketones is 1. The van der Waals surface area contributed by atoms with Gasteiger partial charge in [0.25, 0.3) is 17.7 Å². The second-order valence-corrected chi connectivity index (χ2v) is 11.7. The molecule has 0 saturated carbocycles. The molecule has 3 aromatic carbocycles. The van der Waals surface area contributed by atoms with E-state index in [4.69, 9.17) is 23.2 Å². The molecule has 0 aliphatic carbocycles. The molecule has 36 heavy (non-hydrogen) atoms. The first-order valence-corrected chi connectivity index (χ1v) is 14.0. The molecule has 0 aromatic heterocycles. The number of hydrazine groups is 1. The first kappa shape index (κ1) is 27.5. The number of rotatable bonds is 5. The maximum Gasteiger partial charge on any atom is 0.282 e. The third-order valence-corrected chi connectivity index (χ3v) is 10.7. The first-order valence-electron chi connectivity index (χ1n) is 10.1. The van der Waals surface area contributed by atoms with Crippen LogP contribution in [0.2, 0.25) is 10.0 Å². The highest BCUT2D eigenvalue weighted by Crippen LogP contribution is 2.46. The van der Waals surface area contributed by atoms with Gasteiger partial charge >= 0.3 is 0 Å². The number of nitrogens with zero attached hydrogens (tertiary/aromatic N) is 2. The lowest BCUT2D eigenvalue weighted by Gasteiger charge is -2.34. The van der Waals surface area contributed by atoms with Gasteiger partial charge in [-0.25, -0.2) is 5.01 Å². The van der Waals surface area contributed by atoms with Crippen molar-refractivity contribution in [1.82, 2.24) is 10.0 Å². The molecule has 1 heterocycles. The molecule has 1 aliphatic heterocycles. The summed E-state index contributed by atoms with van der Waals surface area (Å²) in [6.45, 7) is 1.45. The van der Waals surface area contributed by atoms with E-state index in [1.807, 2.05) is 0 Å². The maximum absolute atomic E-state index is 13.7. The van der Waals surface area contributed by atoms with Crippen LogP contribution in [0, 0.1) is 0 Å². The van der Waals surface area contributed by atoms with Crippen LogP contribution < -0.4 is 0 Å². The lowest BCUT2D eigenvalue weighted by Crippen LogP contribution is -2.56. The van der Waals surface area contributed by atoms with Crippen molar-refractivity contribution in [2.24, 2.45) is 0 Å². The van der Waals surface area contributed by atoms with E-state index in [9.17, 15) is 19.2 Å². The number of hydrogen-bond acceptors (Lipinski definition) is 4. The van der Waals surface area contributed by atoms with Gasteiger partial charge in [-0.15, -0.1) is 0 Å². The Morgan fingerprint density at radius 1 is 0.722 bits per heavy atom. The summed E-state index contributed by atoms with van der Waals surface area (Å²) in [5.74, 6) is -2.77. The number of fused-ring (bicyclic) bond motifs is 1. The van der Waals surface area contributed by atoms with E-state index in [1.165, 1.54) is 55.5 Å². The van der Waals surface area contributed by atoms with Gasteiger partial charge in [-0.1, -0.05) is 23.2 Å². The minimum Gasteiger partial charge on any atom is -0.292 e. The summed E-state index contributed by atoms with van der Waals surface area (Å²) in [5, 5.41) is 2.41. The zero-order valence-corrected chi connectivity index (χ0v) is 25.8. The molecule has 6 nitrogen and oxygen atoms in total. The van der Waals surface area contributed by atoms with Gasteiger partial charge < -0.3 is 0 Å². The molecule has 0 radical (unpaired) electrons. The molecule has 0 saturated heterocycles. The summed E-state index contributed by atoms with van der Waals surface area (Å²) in [6.07, 6.45) is 0. The quantitative estimate of drug-likeness (QED) is 0.114. The molecule has 0 N–H and O–H groups in total. The second kappa shape index (κ2) is 10.7. The third kappa shape index (κ3) is 4.72. The van der Waals surface area contributed by atoms with Crippen LogP contribution in [-0.4, -0.2) is 39.6 Å². The molecule has 1 atom stereocenters. The molecule has 12 heteroatoms.